The Hall–Kier alpha value is -1.15. The van der Waals surface area contributed by atoms with Gasteiger partial charge < -0.3 is 25.6 Å². The molecule has 0 aliphatic carbocycles. The van der Waals surface area contributed by atoms with Gasteiger partial charge in [0, 0.05) is 62.5 Å². The molecular weight excluding hydrogens is 396 g/mol. The van der Waals surface area contributed by atoms with Gasteiger partial charge in [-0.2, -0.15) is 0 Å². The van der Waals surface area contributed by atoms with E-state index in [0.717, 1.165) is 56.8 Å². The molecule has 2 heterocycles. The first-order valence-electron chi connectivity index (χ1n) is 9.16. The zero-order chi connectivity index (χ0) is 19.3. The van der Waals surface area contributed by atoms with Gasteiger partial charge in [-0.05, 0) is 39.0 Å². The van der Waals surface area contributed by atoms with Crippen LogP contribution in [-0.2, 0) is 9.53 Å². The van der Waals surface area contributed by atoms with Crippen LogP contribution in [0.1, 0.15) is 20.8 Å². The van der Waals surface area contributed by atoms with E-state index in [4.69, 9.17) is 0 Å². The second-order valence-electron chi connectivity index (χ2n) is 7.04. The summed E-state index contributed by atoms with van der Waals surface area (Å²) in [7, 11) is 0. The van der Waals surface area contributed by atoms with E-state index in [1.165, 1.54) is 5.69 Å². The van der Waals surface area contributed by atoms with E-state index in [0.29, 0.717) is 6.47 Å². The standard InChI is InChI=1S/C10H13BrN2.C5H10O2.C4H10N2/c11-9-2-1-3-10(8-9)13-6-4-12-5-7-13;1-5(2,3)7-4-6;1-2-6-4-3-5-1/h1-3,8,12H,4-7H2;4H,1-3H3;5-6H,1-4H2. The monoisotopic (exact) mass is 428 g/mol. The molecule has 3 N–H and O–H groups in total. The Balaban J connectivity index is 0.000000220. The summed E-state index contributed by atoms with van der Waals surface area (Å²) in [5, 5.41) is 9.79. The van der Waals surface area contributed by atoms with Crippen LogP contribution in [0.25, 0.3) is 0 Å². The molecule has 0 unspecified atom stereocenters. The molecular formula is C19H33BrN4O2. The van der Waals surface area contributed by atoms with Crippen LogP contribution >= 0.6 is 15.9 Å². The fourth-order valence-electron chi connectivity index (χ4n) is 2.34. The van der Waals surface area contributed by atoms with Crippen molar-refractivity contribution in [1.82, 2.24) is 16.0 Å². The number of nitrogens with zero attached hydrogens (tertiary/aromatic N) is 1. The minimum atomic E-state index is -0.318. The van der Waals surface area contributed by atoms with Gasteiger partial charge in [0.15, 0.2) is 0 Å². The zero-order valence-electron chi connectivity index (χ0n) is 16.2. The summed E-state index contributed by atoms with van der Waals surface area (Å²) < 4.78 is 5.70. The van der Waals surface area contributed by atoms with E-state index < -0.39 is 0 Å². The lowest BCUT2D eigenvalue weighted by Gasteiger charge is -2.29. The van der Waals surface area contributed by atoms with Crippen LogP contribution in [0.15, 0.2) is 28.7 Å². The zero-order valence-corrected chi connectivity index (χ0v) is 17.8. The van der Waals surface area contributed by atoms with Crippen molar-refractivity contribution in [3.05, 3.63) is 28.7 Å². The molecule has 2 aliphatic rings. The number of benzene rings is 1. The first kappa shape index (κ1) is 22.9. The Morgan fingerprint density at radius 1 is 1.00 bits per heavy atom. The average molecular weight is 429 g/mol. The van der Waals surface area contributed by atoms with Crippen molar-refractivity contribution in [2.24, 2.45) is 0 Å². The SMILES string of the molecule is Brc1cccc(N2CCNCC2)c1.C1CNCCN1.CC(C)(C)OC=O. The maximum atomic E-state index is 9.60. The Kier molecular flexibility index (Phi) is 11.5. The van der Waals surface area contributed by atoms with Gasteiger partial charge >= 0.3 is 0 Å². The number of nitrogens with one attached hydrogen (secondary N) is 3. The quantitative estimate of drug-likeness (QED) is 0.626. The number of halogens is 1. The highest BCUT2D eigenvalue weighted by atomic mass is 79.9. The van der Waals surface area contributed by atoms with Crippen molar-refractivity contribution in [3.63, 3.8) is 0 Å². The van der Waals surface area contributed by atoms with E-state index in [2.05, 4.69) is 65.8 Å². The van der Waals surface area contributed by atoms with Gasteiger partial charge in [-0.1, -0.05) is 22.0 Å². The van der Waals surface area contributed by atoms with Gasteiger partial charge in [0.05, 0.1) is 0 Å². The lowest BCUT2D eigenvalue weighted by molar-refractivity contribution is -0.138. The van der Waals surface area contributed by atoms with Gasteiger partial charge in [0.25, 0.3) is 6.47 Å². The number of rotatable bonds is 2. The summed E-state index contributed by atoms with van der Waals surface area (Å²) in [6.45, 7) is 14.9. The molecule has 0 amide bonds. The third-order valence-electron chi connectivity index (χ3n) is 3.65. The van der Waals surface area contributed by atoms with Gasteiger partial charge in [-0.15, -0.1) is 0 Å². The highest BCUT2D eigenvalue weighted by molar-refractivity contribution is 9.10. The lowest BCUT2D eigenvalue weighted by atomic mass is 10.2. The van der Waals surface area contributed by atoms with Crippen molar-refractivity contribution in [2.75, 3.05) is 57.3 Å². The van der Waals surface area contributed by atoms with Crippen molar-refractivity contribution in [1.29, 1.82) is 0 Å². The third-order valence-corrected chi connectivity index (χ3v) is 4.14. The molecule has 0 atom stereocenters. The minimum Gasteiger partial charge on any atom is -0.462 e. The van der Waals surface area contributed by atoms with Gasteiger partial charge in [0.1, 0.15) is 5.60 Å². The average Bonchev–Trinajstić information content (AvgIpc) is 2.64. The predicted octanol–water partition coefficient (Wildman–Crippen LogP) is 2.00. The molecule has 148 valence electrons. The fourth-order valence-corrected chi connectivity index (χ4v) is 2.73. The van der Waals surface area contributed by atoms with E-state index >= 15 is 0 Å². The maximum absolute atomic E-state index is 9.60. The molecule has 3 rings (SSSR count). The number of hydrogen-bond donors (Lipinski definition) is 3. The van der Waals surface area contributed by atoms with Crippen LogP contribution in [-0.4, -0.2) is 64.4 Å². The summed E-state index contributed by atoms with van der Waals surface area (Å²) in [4.78, 5) is 12.0. The van der Waals surface area contributed by atoms with Gasteiger partial charge in [0.2, 0.25) is 0 Å². The number of anilines is 1. The van der Waals surface area contributed by atoms with Gasteiger partial charge in [-0.25, -0.2) is 0 Å². The highest BCUT2D eigenvalue weighted by Gasteiger charge is 2.09. The highest BCUT2D eigenvalue weighted by Crippen LogP contribution is 2.19. The summed E-state index contributed by atoms with van der Waals surface area (Å²) in [5.41, 5.74) is 0.998. The minimum absolute atomic E-state index is 0.318. The Labute approximate surface area is 166 Å². The van der Waals surface area contributed by atoms with E-state index in [-0.39, 0.29) is 5.60 Å². The normalized spacial score (nSPS) is 17.2. The second-order valence-corrected chi connectivity index (χ2v) is 7.96. The summed E-state index contributed by atoms with van der Waals surface area (Å²) in [6, 6.07) is 8.48. The molecule has 7 heteroatoms. The summed E-state index contributed by atoms with van der Waals surface area (Å²) in [5.74, 6) is 0. The lowest BCUT2D eigenvalue weighted by Crippen LogP contribution is -2.43. The van der Waals surface area contributed by atoms with Crippen LogP contribution in [0.3, 0.4) is 0 Å². The van der Waals surface area contributed by atoms with Crippen LogP contribution in [0.2, 0.25) is 0 Å². The first-order chi connectivity index (χ1) is 12.4. The van der Waals surface area contributed by atoms with Crippen molar-refractivity contribution in [3.8, 4) is 0 Å². The molecule has 2 saturated heterocycles. The topological polar surface area (TPSA) is 65.6 Å². The van der Waals surface area contributed by atoms with Crippen molar-refractivity contribution < 1.29 is 9.53 Å². The summed E-state index contributed by atoms with van der Waals surface area (Å²) in [6.07, 6.45) is 0. The summed E-state index contributed by atoms with van der Waals surface area (Å²) >= 11 is 3.49. The van der Waals surface area contributed by atoms with Crippen LogP contribution in [0.5, 0.6) is 0 Å². The number of piperazine rings is 2. The smallest absolute Gasteiger partial charge is 0.293 e. The Morgan fingerprint density at radius 3 is 1.92 bits per heavy atom. The molecule has 2 aliphatic heterocycles. The fraction of sp³-hybridized carbons (Fsp3) is 0.632. The third kappa shape index (κ3) is 11.5. The largest absolute Gasteiger partial charge is 0.462 e. The second kappa shape index (κ2) is 13.1. The Bertz CT molecular complexity index is 487. The number of hydrogen-bond acceptors (Lipinski definition) is 6. The number of ether oxygens (including phenoxy) is 1. The molecule has 1 aromatic rings. The van der Waals surface area contributed by atoms with Crippen LogP contribution < -0.4 is 20.9 Å². The molecule has 26 heavy (non-hydrogen) atoms. The molecule has 0 saturated carbocycles. The van der Waals surface area contributed by atoms with E-state index in [9.17, 15) is 4.79 Å². The van der Waals surface area contributed by atoms with Crippen molar-refractivity contribution in [2.45, 2.75) is 26.4 Å². The Morgan fingerprint density at radius 2 is 1.54 bits per heavy atom. The van der Waals surface area contributed by atoms with Gasteiger partial charge in [-0.3, -0.25) is 4.79 Å². The van der Waals surface area contributed by atoms with E-state index in [1.54, 1.807) is 0 Å². The molecule has 0 radical (unpaired) electrons. The molecule has 1 aromatic carbocycles. The molecule has 2 fully saturated rings. The van der Waals surface area contributed by atoms with Crippen LogP contribution in [0.4, 0.5) is 5.69 Å². The maximum Gasteiger partial charge on any atom is 0.293 e. The molecule has 0 bridgehead atoms. The first-order valence-corrected chi connectivity index (χ1v) is 9.96. The molecule has 0 spiro atoms. The predicted molar refractivity (Wildman–Crippen MR) is 112 cm³/mol. The molecule has 0 aromatic heterocycles. The van der Waals surface area contributed by atoms with Crippen LogP contribution in [0, 0.1) is 0 Å². The van der Waals surface area contributed by atoms with E-state index in [1.807, 2.05) is 20.8 Å². The van der Waals surface area contributed by atoms with Crippen molar-refractivity contribution >= 4 is 28.1 Å². The number of carbonyl (C=O) groups is 1. The number of carbonyl (C=O) groups excluding carboxylic acids is 1. The molecule has 6 nitrogen and oxygen atoms in total.